The van der Waals surface area contributed by atoms with Crippen LogP contribution in [0.3, 0.4) is 0 Å². The van der Waals surface area contributed by atoms with E-state index in [9.17, 15) is 16.8 Å². The number of ether oxygens (including phenoxy) is 1. The van der Waals surface area contributed by atoms with Crippen molar-refractivity contribution in [3.63, 3.8) is 0 Å². The standard InChI is InChI=1S/C17H21NO6S2/c1-12-7-16(23-3)17(8-13(12)2)26(21,22)18-9-15(10-18)25(19,20)11-14-5-4-6-24-14/h4-8,15H,9-11H2,1-3H3. The molecule has 0 bridgehead atoms. The first-order valence-corrected chi connectivity index (χ1v) is 11.2. The monoisotopic (exact) mass is 399 g/mol. The Bertz CT molecular complexity index is 1000. The van der Waals surface area contributed by atoms with E-state index >= 15 is 0 Å². The number of aryl methyl sites for hydroxylation is 2. The van der Waals surface area contributed by atoms with Crippen LogP contribution in [0.5, 0.6) is 5.75 Å². The summed E-state index contributed by atoms with van der Waals surface area (Å²) in [5, 5.41) is -0.736. The van der Waals surface area contributed by atoms with E-state index in [1.54, 1.807) is 24.3 Å². The van der Waals surface area contributed by atoms with Gasteiger partial charge in [0, 0.05) is 13.1 Å². The minimum atomic E-state index is -3.82. The maximum Gasteiger partial charge on any atom is 0.246 e. The van der Waals surface area contributed by atoms with Gasteiger partial charge in [-0.05, 0) is 49.2 Å². The normalized spacial score (nSPS) is 16.4. The van der Waals surface area contributed by atoms with E-state index in [-0.39, 0.29) is 29.5 Å². The Balaban J connectivity index is 1.79. The largest absolute Gasteiger partial charge is 0.495 e. The van der Waals surface area contributed by atoms with Crippen molar-refractivity contribution in [3.05, 3.63) is 47.4 Å². The summed E-state index contributed by atoms with van der Waals surface area (Å²) in [4.78, 5) is 0.0602. The summed E-state index contributed by atoms with van der Waals surface area (Å²) < 4.78 is 62.0. The zero-order chi connectivity index (χ0) is 19.1. The van der Waals surface area contributed by atoms with Crippen molar-refractivity contribution in [1.82, 2.24) is 4.31 Å². The highest BCUT2D eigenvalue weighted by Crippen LogP contribution is 2.33. The molecule has 7 nitrogen and oxygen atoms in total. The van der Waals surface area contributed by atoms with Gasteiger partial charge in [-0.15, -0.1) is 0 Å². The second-order valence-corrected chi connectivity index (χ2v) is 10.6. The van der Waals surface area contributed by atoms with Crippen LogP contribution in [-0.4, -0.2) is 46.6 Å². The van der Waals surface area contributed by atoms with Gasteiger partial charge in [-0.3, -0.25) is 0 Å². The zero-order valence-corrected chi connectivity index (χ0v) is 16.4. The fourth-order valence-electron chi connectivity index (χ4n) is 2.80. The van der Waals surface area contributed by atoms with Crippen LogP contribution in [0.2, 0.25) is 0 Å². The van der Waals surface area contributed by atoms with E-state index in [4.69, 9.17) is 9.15 Å². The van der Waals surface area contributed by atoms with Crippen LogP contribution in [0.4, 0.5) is 0 Å². The van der Waals surface area contributed by atoms with Gasteiger partial charge in [0.25, 0.3) is 0 Å². The van der Waals surface area contributed by atoms with Crippen LogP contribution in [0.25, 0.3) is 0 Å². The highest BCUT2D eigenvalue weighted by atomic mass is 32.2. The number of hydrogen-bond donors (Lipinski definition) is 0. The minimum absolute atomic E-state index is 0.0602. The predicted molar refractivity (Wildman–Crippen MR) is 96.3 cm³/mol. The molecule has 2 heterocycles. The number of rotatable bonds is 6. The second-order valence-electron chi connectivity index (χ2n) is 6.42. The van der Waals surface area contributed by atoms with Crippen LogP contribution >= 0.6 is 0 Å². The quantitative estimate of drug-likeness (QED) is 0.736. The van der Waals surface area contributed by atoms with Gasteiger partial charge in [-0.2, -0.15) is 4.31 Å². The molecule has 0 aliphatic carbocycles. The fraction of sp³-hybridized carbons (Fsp3) is 0.412. The average Bonchev–Trinajstić information content (AvgIpc) is 2.99. The van der Waals surface area contributed by atoms with Crippen LogP contribution < -0.4 is 4.74 Å². The highest BCUT2D eigenvalue weighted by molar-refractivity contribution is 7.92. The van der Waals surface area contributed by atoms with E-state index < -0.39 is 25.1 Å². The Morgan fingerprint density at radius 3 is 2.38 bits per heavy atom. The fourth-order valence-corrected chi connectivity index (χ4v) is 6.35. The third-order valence-corrected chi connectivity index (χ3v) is 8.50. The lowest BCUT2D eigenvalue weighted by atomic mass is 10.1. The lowest BCUT2D eigenvalue weighted by molar-refractivity contribution is 0.307. The molecule has 9 heteroatoms. The highest BCUT2D eigenvalue weighted by Gasteiger charge is 2.44. The second kappa shape index (κ2) is 6.71. The molecule has 0 spiro atoms. The number of hydrogen-bond acceptors (Lipinski definition) is 6. The van der Waals surface area contributed by atoms with Gasteiger partial charge in [0.2, 0.25) is 10.0 Å². The predicted octanol–water partition coefficient (Wildman–Crippen LogP) is 1.89. The van der Waals surface area contributed by atoms with Crippen molar-refractivity contribution in [2.75, 3.05) is 20.2 Å². The summed E-state index contributed by atoms with van der Waals surface area (Å²) >= 11 is 0. The first-order valence-electron chi connectivity index (χ1n) is 8.04. The molecular weight excluding hydrogens is 378 g/mol. The molecule has 0 atom stereocenters. The van der Waals surface area contributed by atoms with Gasteiger partial charge in [-0.1, -0.05) is 0 Å². The van der Waals surface area contributed by atoms with Crippen LogP contribution in [-0.2, 0) is 25.6 Å². The molecule has 1 aromatic carbocycles. The van der Waals surface area contributed by atoms with E-state index in [0.717, 1.165) is 11.1 Å². The van der Waals surface area contributed by atoms with E-state index in [1.165, 1.54) is 17.7 Å². The molecule has 2 aromatic rings. The Hall–Kier alpha value is -1.84. The van der Waals surface area contributed by atoms with Gasteiger partial charge in [0.15, 0.2) is 9.84 Å². The third kappa shape index (κ3) is 3.38. The Kier molecular flexibility index (Phi) is 4.89. The molecule has 1 aromatic heterocycles. The summed E-state index contributed by atoms with van der Waals surface area (Å²) in [5.41, 5.74) is 1.75. The van der Waals surface area contributed by atoms with Crippen LogP contribution in [0.1, 0.15) is 16.9 Å². The number of sulfone groups is 1. The van der Waals surface area contributed by atoms with E-state index in [0.29, 0.717) is 5.76 Å². The van der Waals surface area contributed by atoms with Gasteiger partial charge >= 0.3 is 0 Å². The Morgan fingerprint density at radius 2 is 1.81 bits per heavy atom. The first-order chi connectivity index (χ1) is 12.1. The topological polar surface area (TPSA) is 93.9 Å². The number of methoxy groups -OCH3 is 1. The number of sulfonamides is 1. The molecule has 1 aliphatic rings. The number of benzene rings is 1. The van der Waals surface area contributed by atoms with E-state index in [2.05, 4.69) is 0 Å². The van der Waals surface area contributed by atoms with Crippen molar-refractivity contribution in [1.29, 1.82) is 0 Å². The van der Waals surface area contributed by atoms with Crippen molar-refractivity contribution in [2.45, 2.75) is 29.7 Å². The summed E-state index contributed by atoms with van der Waals surface area (Å²) in [6.45, 7) is 3.55. The molecule has 142 valence electrons. The molecule has 3 rings (SSSR count). The van der Waals surface area contributed by atoms with Gasteiger partial charge in [0.1, 0.15) is 22.2 Å². The molecule has 0 amide bonds. The molecule has 0 N–H and O–H groups in total. The van der Waals surface area contributed by atoms with Crippen molar-refractivity contribution < 1.29 is 26.0 Å². The molecular formula is C17H21NO6S2. The van der Waals surface area contributed by atoms with Crippen molar-refractivity contribution in [3.8, 4) is 5.75 Å². The smallest absolute Gasteiger partial charge is 0.246 e. The molecule has 0 saturated carbocycles. The molecule has 1 saturated heterocycles. The number of nitrogens with zero attached hydrogens (tertiary/aromatic N) is 1. The summed E-state index contributed by atoms with van der Waals surface area (Å²) in [7, 11) is -5.89. The van der Waals surface area contributed by atoms with Crippen molar-refractivity contribution in [2.24, 2.45) is 0 Å². The van der Waals surface area contributed by atoms with Gasteiger partial charge < -0.3 is 9.15 Å². The lowest BCUT2D eigenvalue weighted by Crippen LogP contribution is -2.56. The number of furan rings is 1. The summed E-state index contributed by atoms with van der Waals surface area (Å²) in [6, 6.07) is 6.44. The summed E-state index contributed by atoms with van der Waals surface area (Å²) in [5.74, 6) is 0.378. The minimum Gasteiger partial charge on any atom is -0.495 e. The SMILES string of the molecule is COc1cc(C)c(C)cc1S(=O)(=O)N1CC(S(=O)(=O)Cc2ccco2)C1. The van der Waals surface area contributed by atoms with Gasteiger partial charge in [-0.25, -0.2) is 16.8 Å². The average molecular weight is 399 g/mol. The molecule has 26 heavy (non-hydrogen) atoms. The summed E-state index contributed by atoms with van der Waals surface area (Å²) in [6.07, 6.45) is 1.41. The van der Waals surface area contributed by atoms with E-state index in [1.807, 2.05) is 13.8 Å². The van der Waals surface area contributed by atoms with Crippen molar-refractivity contribution >= 4 is 19.9 Å². The molecule has 0 radical (unpaired) electrons. The Morgan fingerprint density at radius 1 is 1.15 bits per heavy atom. The first kappa shape index (κ1) is 18.9. The van der Waals surface area contributed by atoms with Gasteiger partial charge in [0.05, 0.1) is 18.6 Å². The lowest BCUT2D eigenvalue weighted by Gasteiger charge is -2.37. The zero-order valence-electron chi connectivity index (χ0n) is 14.8. The third-order valence-electron chi connectivity index (χ3n) is 4.64. The molecule has 0 unspecified atom stereocenters. The Labute approximate surface area is 153 Å². The van der Waals surface area contributed by atoms with Crippen LogP contribution in [0, 0.1) is 13.8 Å². The maximum absolute atomic E-state index is 12.9. The maximum atomic E-state index is 12.9. The van der Waals surface area contributed by atoms with Crippen LogP contribution in [0.15, 0.2) is 39.8 Å². The molecule has 1 aliphatic heterocycles. The molecule has 1 fully saturated rings.